The molecular weight excluding hydrogens is 465 g/mol. The fourth-order valence-electron chi connectivity index (χ4n) is 2.77. The zero-order chi connectivity index (χ0) is 21.3. The summed E-state index contributed by atoms with van der Waals surface area (Å²) < 4.78 is 17.8. The van der Waals surface area contributed by atoms with Crippen LogP contribution in [0.2, 0.25) is 5.02 Å². The molecule has 3 rings (SSSR count). The average molecular weight is 485 g/mol. The van der Waals surface area contributed by atoms with Gasteiger partial charge in [-0.3, -0.25) is 9.63 Å². The third-order valence-electron chi connectivity index (χ3n) is 4.49. The molecule has 9 heteroatoms. The molecule has 0 aliphatic rings. The number of aliphatic hydroxyl groups is 1. The summed E-state index contributed by atoms with van der Waals surface area (Å²) in [6, 6.07) is 6.84. The lowest BCUT2D eigenvalue weighted by atomic mass is 9.97. The first-order valence-electron chi connectivity index (χ1n) is 8.78. The van der Waals surface area contributed by atoms with E-state index in [1.54, 1.807) is 49.7 Å². The highest BCUT2D eigenvalue weighted by molar-refractivity contribution is 9.10. The summed E-state index contributed by atoms with van der Waals surface area (Å²) >= 11 is 9.64. The van der Waals surface area contributed by atoms with Gasteiger partial charge < -0.3 is 9.67 Å². The normalized spacial score (nSPS) is 11.8. The van der Waals surface area contributed by atoms with Gasteiger partial charge in [0.1, 0.15) is 11.1 Å². The van der Waals surface area contributed by atoms with Crippen molar-refractivity contribution in [2.75, 3.05) is 6.61 Å². The summed E-state index contributed by atoms with van der Waals surface area (Å²) in [7, 11) is 1.72. The highest BCUT2D eigenvalue weighted by atomic mass is 79.9. The molecule has 2 N–H and O–H groups in total. The van der Waals surface area contributed by atoms with E-state index in [0.29, 0.717) is 16.1 Å². The molecule has 1 heterocycles. The number of benzene rings is 2. The van der Waals surface area contributed by atoms with Crippen molar-refractivity contribution in [3.05, 3.63) is 62.6 Å². The number of hydrogen-bond donors (Lipinski definition) is 2. The minimum Gasteiger partial charge on any atom is -0.393 e. The summed E-state index contributed by atoms with van der Waals surface area (Å²) in [6.45, 7) is 2.92. The van der Waals surface area contributed by atoms with Gasteiger partial charge in [-0.2, -0.15) is 0 Å². The highest BCUT2D eigenvalue weighted by Gasteiger charge is 2.24. The smallest absolute Gasteiger partial charge is 0.275 e. The first-order valence-corrected chi connectivity index (χ1v) is 9.95. The Morgan fingerprint density at radius 2 is 2.14 bits per heavy atom. The number of carbonyl (C=O) groups is 1. The van der Waals surface area contributed by atoms with E-state index in [1.807, 2.05) is 0 Å². The van der Waals surface area contributed by atoms with Gasteiger partial charge in [-0.1, -0.05) is 33.6 Å². The lowest BCUT2D eigenvalue weighted by molar-refractivity contribution is -0.0956. The van der Waals surface area contributed by atoms with E-state index in [9.17, 15) is 9.90 Å². The molecule has 6 nitrogen and oxygen atoms in total. The van der Waals surface area contributed by atoms with Crippen LogP contribution in [0.15, 0.2) is 35.1 Å². The molecule has 0 radical (unpaired) electrons. The molecule has 29 heavy (non-hydrogen) atoms. The van der Waals surface area contributed by atoms with Crippen LogP contribution in [0.3, 0.4) is 0 Å². The SMILES string of the molecule is Cn1cnc2c(F)c(Cc3ccc(Br)cc3Cl)c(C(=O)NOC(C)(C)CO)cc21. The second kappa shape index (κ2) is 8.39. The maximum Gasteiger partial charge on any atom is 0.275 e. The number of hydrogen-bond acceptors (Lipinski definition) is 4. The monoisotopic (exact) mass is 483 g/mol. The summed E-state index contributed by atoms with van der Waals surface area (Å²) in [4.78, 5) is 22.2. The van der Waals surface area contributed by atoms with E-state index in [1.165, 1.54) is 6.33 Å². The van der Waals surface area contributed by atoms with E-state index < -0.39 is 17.3 Å². The van der Waals surface area contributed by atoms with Crippen LogP contribution in [-0.2, 0) is 18.3 Å². The van der Waals surface area contributed by atoms with Crippen molar-refractivity contribution in [1.82, 2.24) is 15.0 Å². The first-order chi connectivity index (χ1) is 13.6. The summed E-state index contributed by atoms with van der Waals surface area (Å²) in [5, 5.41) is 9.76. The fourth-order valence-corrected chi connectivity index (χ4v) is 3.51. The van der Waals surface area contributed by atoms with Gasteiger partial charge >= 0.3 is 0 Å². The number of amides is 1. The zero-order valence-corrected chi connectivity index (χ0v) is 18.4. The Morgan fingerprint density at radius 1 is 1.41 bits per heavy atom. The van der Waals surface area contributed by atoms with Gasteiger partial charge in [-0.15, -0.1) is 0 Å². The maximum atomic E-state index is 15.4. The number of imidazole rings is 1. The largest absolute Gasteiger partial charge is 0.393 e. The molecule has 0 aliphatic heterocycles. The first kappa shape index (κ1) is 21.7. The number of aryl methyl sites for hydroxylation is 1. The van der Waals surface area contributed by atoms with Gasteiger partial charge in [0.15, 0.2) is 5.82 Å². The Hall–Kier alpha value is -2.00. The standard InChI is InChI=1S/C20H20BrClFN3O3/c1-20(2,9-27)29-25-19(28)14-8-16-18(24-10-26(16)3)17(23)13(14)6-11-4-5-12(21)7-15(11)22/h4-5,7-8,10,27H,6,9H2,1-3H3,(H,25,28). The van der Waals surface area contributed by atoms with E-state index in [2.05, 4.69) is 26.4 Å². The third kappa shape index (κ3) is 4.61. The lowest BCUT2D eigenvalue weighted by Gasteiger charge is -2.22. The molecule has 0 aliphatic carbocycles. The fraction of sp³-hybridized carbons (Fsp3) is 0.300. The molecule has 0 saturated heterocycles. The lowest BCUT2D eigenvalue weighted by Crippen LogP contribution is -2.38. The van der Waals surface area contributed by atoms with Crippen molar-refractivity contribution in [2.24, 2.45) is 7.05 Å². The molecule has 0 spiro atoms. The van der Waals surface area contributed by atoms with Crippen LogP contribution in [-0.4, -0.2) is 32.8 Å². The Bertz CT molecular complexity index is 1080. The molecule has 0 bridgehead atoms. The second-order valence-electron chi connectivity index (χ2n) is 7.30. The van der Waals surface area contributed by atoms with Crippen LogP contribution in [0.4, 0.5) is 4.39 Å². The maximum absolute atomic E-state index is 15.4. The molecular formula is C20H20BrClFN3O3. The van der Waals surface area contributed by atoms with Crippen molar-refractivity contribution in [3.8, 4) is 0 Å². The second-order valence-corrected chi connectivity index (χ2v) is 8.63. The number of nitrogens with zero attached hydrogens (tertiary/aromatic N) is 2. The van der Waals surface area contributed by atoms with E-state index >= 15 is 4.39 Å². The van der Waals surface area contributed by atoms with Gasteiger partial charge in [-0.05, 0) is 37.6 Å². The van der Waals surface area contributed by atoms with Crippen LogP contribution < -0.4 is 5.48 Å². The summed E-state index contributed by atoms with van der Waals surface area (Å²) in [6.07, 6.45) is 1.58. The van der Waals surface area contributed by atoms with Crippen LogP contribution in [0.25, 0.3) is 11.0 Å². The number of carbonyl (C=O) groups excluding carboxylic acids is 1. The Balaban J connectivity index is 2.07. The Kier molecular flexibility index (Phi) is 6.28. The van der Waals surface area contributed by atoms with Gasteiger partial charge in [0.2, 0.25) is 0 Å². The number of nitrogens with one attached hydrogen (secondary N) is 1. The van der Waals surface area contributed by atoms with Gasteiger partial charge in [0.05, 0.1) is 24.0 Å². The van der Waals surface area contributed by atoms with Crippen molar-refractivity contribution >= 4 is 44.5 Å². The number of fused-ring (bicyclic) bond motifs is 1. The van der Waals surface area contributed by atoms with Crippen LogP contribution in [0.5, 0.6) is 0 Å². The van der Waals surface area contributed by atoms with Crippen LogP contribution in [0, 0.1) is 5.82 Å². The Morgan fingerprint density at radius 3 is 2.79 bits per heavy atom. The summed E-state index contributed by atoms with van der Waals surface area (Å²) in [5.41, 5.74) is 2.88. The predicted molar refractivity (Wildman–Crippen MR) is 112 cm³/mol. The van der Waals surface area contributed by atoms with E-state index in [0.717, 1.165) is 4.47 Å². The topological polar surface area (TPSA) is 76.4 Å². The molecule has 0 atom stereocenters. The van der Waals surface area contributed by atoms with Gasteiger partial charge in [0, 0.05) is 28.5 Å². The minimum atomic E-state index is -0.986. The highest BCUT2D eigenvalue weighted by Crippen LogP contribution is 2.29. The number of halogens is 3. The van der Waals surface area contributed by atoms with E-state index in [4.69, 9.17) is 16.4 Å². The van der Waals surface area contributed by atoms with Crippen molar-refractivity contribution in [2.45, 2.75) is 25.9 Å². The average Bonchev–Trinajstić information content (AvgIpc) is 3.05. The molecule has 154 valence electrons. The number of aromatic nitrogens is 2. The van der Waals surface area contributed by atoms with Gasteiger partial charge in [0.25, 0.3) is 5.91 Å². The third-order valence-corrected chi connectivity index (χ3v) is 5.33. The number of rotatable bonds is 6. The molecule has 2 aromatic carbocycles. The molecule has 1 aromatic heterocycles. The minimum absolute atomic E-state index is 0.0939. The quantitative estimate of drug-likeness (QED) is 0.515. The molecule has 0 unspecified atom stereocenters. The molecule has 0 saturated carbocycles. The molecule has 1 amide bonds. The number of aliphatic hydroxyl groups excluding tert-OH is 1. The zero-order valence-electron chi connectivity index (χ0n) is 16.1. The van der Waals surface area contributed by atoms with Crippen molar-refractivity contribution in [1.29, 1.82) is 0 Å². The van der Waals surface area contributed by atoms with Crippen molar-refractivity contribution < 1.29 is 19.1 Å². The molecule has 0 fully saturated rings. The van der Waals surface area contributed by atoms with Crippen LogP contribution >= 0.6 is 27.5 Å². The molecule has 3 aromatic rings. The van der Waals surface area contributed by atoms with Crippen molar-refractivity contribution in [3.63, 3.8) is 0 Å². The summed E-state index contributed by atoms with van der Waals surface area (Å²) in [5.74, 6) is -1.22. The predicted octanol–water partition coefficient (Wildman–Crippen LogP) is 4.15. The van der Waals surface area contributed by atoms with E-state index in [-0.39, 0.29) is 29.7 Å². The van der Waals surface area contributed by atoms with Gasteiger partial charge in [-0.25, -0.2) is 14.9 Å². The Labute approximate surface area is 180 Å². The van der Waals surface area contributed by atoms with Crippen LogP contribution in [0.1, 0.15) is 35.3 Å². The number of hydroxylamine groups is 1.